The second-order valence-corrected chi connectivity index (χ2v) is 5.05. The molecule has 1 N–H and O–H groups in total. The number of fused-ring (bicyclic) bond motifs is 1. The van der Waals surface area contributed by atoms with Gasteiger partial charge in [0.05, 0.1) is 5.52 Å². The van der Waals surface area contributed by atoms with E-state index in [2.05, 4.69) is 27.2 Å². The van der Waals surface area contributed by atoms with Crippen molar-refractivity contribution in [2.75, 3.05) is 32.0 Å². The molecule has 4 nitrogen and oxygen atoms in total. The third kappa shape index (κ3) is 2.43. The summed E-state index contributed by atoms with van der Waals surface area (Å²) >= 11 is 0. The lowest BCUT2D eigenvalue weighted by molar-refractivity contribution is 0.399. The minimum absolute atomic E-state index is 0.713. The molecule has 0 amide bonds. The molecule has 0 aliphatic carbocycles. The Kier molecular flexibility index (Phi) is 3.11. The fraction of sp³-hybridized carbons (Fsp3) is 0.429. The molecule has 1 aromatic heterocycles. The summed E-state index contributed by atoms with van der Waals surface area (Å²) in [6.07, 6.45) is 3.14. The molecule has 3 rings (SSSR count). The lowest BCUT2D eigenvalue weighted by Gasteiger charge is -2.11. The largest absolute Gasteiger partial charge is 0.354 e. The van der Waals surface area contributed by atoms with Gasteiger partial charge in [-0.3, -0.25) is 0 Å². The maximum atomic E-state index is 4.52. The zero-order chi connectivity index (χ0) is 12.4. The zero-order valence-corrected chi connectivity index (χ0v) is 10.6. The molecule has 1 fully saturated rings. The number of aromatic nitrogens is 2. The van der Waals surface area contributed by atoms with E-state index in [4.69, 9.17) is 0 Å². The third-order valence-electron chi connectivity index (χ3n) is 3.53. The number of likely N-dealkylation sites (tertiary alicyclic amines) is 1. The standard InChI is InChI=1S/C14H18N4/c1-18-7-6-11(10-18)8-15-14-16-9-12-4-2-3-5-13(12)17-14/h2-5,9,11H,6-8,10H2,1H3,(H,15,16,17). The smallest absolute Gasteiger partial charge is 0.223 e. The zero-order valence-electron chi connectivity index (χ0n) is 10.6. The number of nitrogens with one attached hydrogen (secondary N) is 1. The molecule has 0 spiro atoms. The van der Waals surface area contributed by atoms with Crippen LogP contribution >= 0.6 is 0 Å². The van der Waals surface area contributed by atoms with E-state index < -0.39 is 0 Å². The first-order chi connectivity index (χ1) is 8.81. The van der Waals surface area contributed by atoms with Gasteiger partial charge in [-0.1, -0.05) is 18.2 Å². The lowest BCUT2D eigenvalue weighted by atomic mass is 10.1. The predicted octanol–water partition coefficient (Wildman–Crippen LogP) is 1.99. The highest BCUT2D eigenvalue weighted by Gasteiger charge is 2.19. The van der Waals surface area contributed by atoms with E-state index in [9.17, 15) is 0 Å². The van der Waals surface area contributed by atoms with Crippen LogP contribution in [0.15, 0.2) is 30.5 Å². The predicted molar refractivity (Wildman–Crippen MR) is 73.6 cm³/mol. The number of anilines is 1. The van der Waals surface area contributed by atoms with E-state index in [1.165, 1.54) is 19.5 Å². The molecule has 0 bridgehead atoms. The topological polar surface area (TPSA) is 41.0 Å². The number of benzene rings is 1. The van der Waals surface area contributed by atoms with Gasteiger partial charge >= 0.3 is 0 Å². The van der Waals surface area contributed by atoms with Crippen molar-refractivity contribution >= 4 is 16.9 Å². The first kappa shape index (κ1) is 11.4. The fourth-order valence-corrected chi connectivity index (χ4v) is 2.49. The second kappa shape index (κ2) is 4.90. The van der Waals surface area contributed by atoms with Crippen LogP contribution in [0.3, 0.4) is 0 Å². The Morgan fingerprint density at radius 3 is 3.11 bits per heavy atom. The Balaban J connectivity index is 1.67. The van der Waals surface area contributed by atoms with E-state index in [1.807, 2.05) is 30.5 Å². The van der Waals surface area contributed by atoms with Gasteiger partial charge < -0.3 is 10.2 Å². The van der Waals surface area contributed by atoms with Crippen LogP contribution in [0.5, 0.6) is 0 Å². The van der Waals surface area contributed by atoms with Crippen molar-refractivity contribution in [3.05, 3.63) is 30.5 Å². The van der Waals surface area contributed by atoms with Crippen molar-refractivity contribution in [1.29, 1.82) is 0 Å². The van der Waals surface area contributed by atoms with Gasteiger partial charge in [0.15, 0.2) is 0 Å². The molecular formula is C14H18N4. The average molecular weight is 242 g/mol. The Hall–Kier alpha value is -1.68. The minimum Gasteiger partial charge on any atom is -0.354 e. The van der Waals surface area contributed by atoms with Crippen LogP contribution in [0.25, 0.3) is 10.9 Å². The molecule has 94 valence electrons. The van der Waals surface area contributed by atoms with Crippen LogP contribution in [0.4, 0.5) is 5.95 Å². The first-order valence-electron chi connectivity index (χ1n) is 6.45. The quantitative estimate of drug-likeness (QED) is 0.893. The number of hydrogen-bond donors (Lipinski definition) is 1. The van der Waals surface area contributed by atoms with Crippen molar-refractivity contribution in [3.63, 3.8) is 0 Å². The molecule has 1 atom stereocenters. The van der Waals surface area contributed by atoms with Crippen molar-refractivity contribution in [1.82, 2.24) is 14.9 Å². The summed E-state index contributed by atoms with van der Waals surface area (Å²) in [6, 6.07) is 8.06. The lowest BCUT2D eigenvalue weighted by Crippen LogP contribution is -2.19. The molecule has 1 aliphatic heterocycles. The molecule has 1 aromatic carbocycles. The molecule has 2 aromatic rings. The highest BCUT2D eigenvalue weighted by Crippen LogP contribution is 2.16. The maximum Gasteiger partial charge on any atom is 0.223 e. The van der Waals surface area contributed by atoms with Crippen LogP contribution in [0, 0.1) is 5.92 Å². The van der Waals surface area contributed by atoms with Crippen molar-refractivity contribution in [2.45, 2.75) is 6.42 Å². The SMILES string of the molecule is CN1CCC(CNc2ncc3ccccc3n2)C1. The summed E-state index contributed by atoms with van der Waals surface area (Å²) in [4.78, 5) is 11.2. The van der Waals surface area contributed by atoms with E-state index >= 15 is 0 Å². The van der Waals surface area contributed by atoms with Gasteiger partial charge in [0.1, 0.15) is 0 Å². The molecule has 1 saturated heterocycles. The third-order valence-corrected chi connectivity index (χ3v) is 3.53. The highest BCUT2D eigenvalue weighted by molar-refractivity contribution is 5.78. The van der Waals surface area contributed by atoms with E-state index in [0.29, 0.717) is 5.92 Å². The molecule has 1 aliphatic rings. The first-order valence-corrected chi connectivity index (χ1v) is 6.45. The summed E-state index contributed by atoms with van der Waals surface area (Å²) in [5.74, 6) is 1.45. The molecular weight excluding hydrogens is 224 g/mol. The molecule has 2 heterocycles. The summed E-state index contributed by atoms with van der Waals surface area (Å²) in [6.45, 7) is 3.33. The van der Waals surface area contributed by atoms with Gasteiger partial charge in [-0.05, 0) is 32.0 Å². The maximum absolute atomic E-state index is 4.52. The van der Waals surface area contributed by atoms with E-state index in [-0.39, 0.29) is 0 Å². The minimum atomic E-state index is 0.713. The molecule has 0 radical (unpaired) electrons. The van der Waals surface area contributed by atoms with Crippen LogP contribution < -0.4 is 5.32 Å². The summed E-state index contributed by atoms with van der Waals surface area (Å²) < 4.78 is 0. The van der Waals surface area contributed by atoms with Gasteiger partial charge in [-0.2, -0.15) is 0 Å². The van der Waals surface area contributed by atoms with Gasteiger partial charge in [0.25, 0.3) is 0 Å². The van der Waals surface area contributed by atoms with Crippen molar-refractivity contribution in [2.24, 2.45) is 5.92 Å². The Morgan fingerprint density at radius 1 is 1.39 bits per heavy atom. The highest BCUT2D eigenvalue weighted by atomic mass is 15.1. The number of rotatable bonds is 3. The fourth-order valence-electron chi connectivity index (χ4n) is 2.49. The molecule has 0 saturated carbocycles. The summed E-state index contributed by atoms with van der Waals surface area (Å²) in [5, 5.41) is 4.44. The number of para-hydroxylation sites is 1. The van der Waals surface area contributed by atoms with E-state index in [1.54, 1.807) is 0 Å². The van der Waals surface area contributed by atoms with Gasteiger partial charge in [0, 0.05) is 24.7 Å². The van der Waals surface area contributed by atoms with Crippen LogP contribution in [0.2, 0.25) is 0 Å². The van der Waals surface area contributed by atoms with Crippen LogP contribution in [0.1, 0.15) is 6.42 Å². The van der Waals surface area contributed by atoms with Crippen molar-refractivity contribution in [3.8, 4) is 0 Å². The van der Waals surface area contributed by atoms with E-state index in [0.717, 1.165) is 23.4 Å². The van der Waals surface area contributed by atoms with Crippen molar-refractivity contribution < 1.29 is 0 Å². The van der Waals surface area contributed by atoms with Gasteiger partial charge in [-0.15, -0.1) is 0 Å². The second-order valence-electron chi connectivity index (χ2n) is 5.05. The van der Waals surface area contributed by atoms with Crippen LogP contribution in [-0.4, -0.2) is 41.5 Å². The molecule has 18 heavy (non-hydrogen) atoms. The Bertz CT molecular complexity index is 540. The number of hydrogen-bond acceptors (Lipinski definition) is 4. The number of nitrogens with zero attached hydrogens (tertiary/aromatic N) is 3. The molecule has 4 heteroatoms. The van der Waals surface area contributed by atoms with Crippen LogP contribution in [-0.2, 0) is 0 Å². The Labute approximate surface area is 107 Å². The molecule has 1 unspecified atom stereocenters. The van der Waals surface area contributed by atoms with Gasteiger partial charge in [-0.25, -0.2) is 9.97 Å². The average Bonchev–Trinajstić information content (AvgIpc) is 2.82. The normalized spacial score (nSPS) is 20.4. The van der Waals surface area contributed by atoms with Gasteiger partial charge in [0.2, 0.25) is 5.95 Å². The Morgan fingerprint density at radius 2 is 2.28 bits per heavy atom. The summed E-state index contributed by atoms with van der Waals surface area (Å²) in [5.41, 5.74) is 0.999. The monoisotopic (exact) mass is 242 g/mol. The summed E-state index contributed by atoms with van der Waals surface area (Å²) in [7, 11) is 2.17.